The van der Waals surface area contributed by atoms with Crippen molar-refractivity contribution in [2.45, 2.75) is 17.9 Å². The van der Waals surface area contributed by atoms with Gasteiger partial charge in [-0.3, -0.25) is 19.7 Å². The standard InChI is InChI=1S/C15H15F3N6O2S/c1-2-7-24-12(10-3-5-19-6-4-10)22-23-14(24)27-8-11(25)21-13(26)20-9-15(16,17)18/h2-6H,1,7-9H2,(H2,20,21,25,26). The monoisotopic (exact) mass is 400 g/mol. The molecule has 27 heavy (non-hydrogen) atoms. The molecule has 144 valence electrons. The summed E-state index contributed by atoms with van der Waals surface area (Å²) in [5.74, 6) is -0.452. The first kappa shape index (κ1) is 20.4. The van der Waals surface area contributed by atoms with Crippen LogP contribution in [0.1, 0.15) is 0 Å². The van der Waals surface area contributed by atoms with Crippen LogP contribution in [0.15, 0.2) is 42.3 Å². The second-order valence-electron chi connectivity index (χ2n) is 5.08. The molecule has 0 aliphatic carbocycles. The summed E-state index contributed by atoms with van der Waals surface area (Å²) in [6, 6.07) is 2.27. The van der Waals surface area contributed by atoms with E-state index in [1.165, 1.54) is 0 Å². The summed E-state index contributed by atoms with van der Waals surface area (Å²) < 4.78 is 37.8. The molecule has 0 aliphatic rings. The lowest BCUT2D eigenvalue weighted by Gasteiger charge is -2.09. The molecule has 2 rings (SSSR count). The predicted octanol–water partition coefficient (Wildman–Crippen LogP) is 2.01. The normalized spacial score (nSPS) is 11.1. The Hall–Kier alpha value is -2.89. The molecule has 0 radical (unpaired) electrons. The number of aromatic nitrogens is 4. The topological polar surface area (TPSA) is 102 Å². The Morgan fingerprint density at radius 1 is 1.26 bits per heavy atom. The van der Waals surface area contributed by atoms with Gasteiger partial charge in [0, 0.05) is 24.5 Å². The zero-order valence-corrected chi connectivity index (χ0v) is 14.7. The number of nitrogens with zero attached hydrogens (tertiary/aromatic N) is 4. The maximum absolute atomic E-state index is 12.0. The predicted molar refractivity (Wildman–Crippen MR) is 91.8 cm³/mol. The van der Waals surface area contributed by atoms with Gasteiger partial charge >= 0.3 is 12.2 Å². The molecule has 0 atom stereocenters. The maximum Gasteiger partial charge on any atom is 0.405 e. The number of carbonyl (C=O) groups is 2. The molecule has 0 aromatic carbocycles. The van der Waals surface area contributed by atoms with Gasteiger partial charge in [0.05, 0.1) is 5.75 Å². The van der Waals surface area contributed by atoms with Gasteiger partial charge in [0.2, 0.25) is 5.91 Å². The van der Waals surface area contributed by atoms with Crippen molar-refractivity contribution in [3.05, 3.63) is 37.2 Å². The number of allylic oxidation sites excluding steroid dienone is 1. The van der Waals surface area contributed by atoms with E-state index in [9.17, 15) is 22.8 Å². The van der Waals surface area contributed by atoms with E-state index in [1.54, 1.807) is 40.5 Å². The molecule has 0 saturated heterocycles. The van der Waals surface area contributed by atoms with Crippen LogP contribution >= 0.6 is 11.8 Å². The molecule has 2 heterocycles. The van der Waals surface area contributed by atoms with Crippen LogP contribution in [0.5, 0.6) is 0 Å². The maximum atomic E-state index is 12.0. The fourth-order valence-electron chi connectivity index (χ4n) is 1.92. The zero-order valence-electron chi connectivity index (χ0n) is 13.9. The minimum Gasteiger partial charge on any atom is -0.329 e. The first-order chi connectivity index (χ1) is 12.8. The zero-order chi connectivity index (χ0) is 19.9. The number of pyridine rings is 1. The van der Waals surface area contributed by atoms with Crippen LogP contribution in [0, 0.1) is 0 Å². The highest BCUT2D eigenvalue weighted by Gasteiger charge is 2.28. The SMILES string of the molecule is C=CCn1c(SCC(=O)NC(=O)NCC(F)(F)F)nnc1-c1ccncc1. The fourth-order valence-corrected chi connectivity index (χ4v) is 2.67. The molecule has 12 heteroatoms. The largest absolute Gasteiger partial charge is 0.405 e. The van der Waals surface area contributed by atoms with Gasteiger partial charge in [-0.2, -0.15) is 13.2 Å². The van der Waals surface area contributed by atoms with E-state index in [0.29, 0.717) is 17.5 Å². The van der Waals surface area contributed by atoms with Crippen LogP contribution in [-0.2, 0) is 11.3 Å². The number of halogens is 3. The number of carbonyl (C=O) groups excluding carboxylic acids is 2. The van der Waals surface area contributed by atoms with Crippen molar-refractivity contribution in [3.8, 4) is 11.4 Å². The molecular formula is C15H15F3N6O2S. The van der Waals surface area contributed by atoms with Crippen LogP contribution in [-0.4, -0.2) is 50.2 Å². The lowest BCUT2D eigenvalue weighted by Crippen LogP contribution is -2.43. The van der Waals surface area contributed by atoms with Crippen LogP contribution in [0.25, 0.3) is 11.4 Å². The Labute approximate surface area is 156 Å². The van der Waals surface area contributed by atoms with E-state index < -0.39 is 24.7 Å². The van der Waals surface area contributed by atoms with Crippen LogP contribution in [0.4, 0.5) is 18.0 Å². The summed E-state index contributed by atoms with van der Waals surface area (Å²) in [5.41, 5.74) is 0.766. The minimum absolute atomic E-state index is 0.231. The number of urea groups is 1. The van der Waals surface area contributed by atoms with Gasteiger partial charge in [-0.25, -0.2) is 4.79 Å². The van der Waals surface area contributed by atoms with Gasteiger partial charge < -0.3 is 5.32 Å². The number of hydrogen-bond acceptors (Lipinski definition) is 6. The third-order valence-electron chi connectivity index (χ3n) is 3.00. The summed E-state index contributed by atoms with van der Waals surface area (Å²) in [7, 11) is 0. The first-order valence-electron chi connectivity index (χ1n) is 7.52. The molecule has 0 unspecified atom stereocenters. The molecular weight excluding hydrogens is 385 g/mol. The number of nitrogens with one attached hydrogen (secondary N) is 2. The highest BCUT2D eigenvalue weighted by molar-refractivity contribution is 7.99. The van der Waals surface area contributed by atoms with Crippen molar-refractivity contribution in [1.82, 2.24) is 30.4 Å². The van der Waals surface area contributed by atoms with Gasteiger partial charge in [-0.1, -0.05) is 17.8 Å². The van der Waals surface area contributed by atoms with Crippen molar-refractivity contribution in [2.75, 3.05) is 12.3 Å². The number of rotatable bonds is 7. The average molecular weight is 400 g/mol. The van der Waals surface area contributed by atoms with E-state index in [4.69, 9.17) is 0 Å². The van der Waals surface area contributed by atoms with Gasteiger partial charge in [0.25, 0.3) is 0 Å². The lowest BCUT2D eigenvalue weighted by atomic mass is 10.2. The minimum atomic E-state index is -4.56. The summed E-state index contributed by atoms with van der Waals surface area (Å²) in [6.07, 6.45) is 0.270. The Morgan fingerprint density at radius 2 is 1.96 bits per heavy atom. The number of hydrogen-bond donors (Lipinski definition) is 2. The summed E-state index contributed by atoms with van der Waals surface area (Å²) >= 11 is 0.988. The number of amides is 3. The third kappa shape index (κ3) is 6.40. The fraction of sp³-hybridized carbons (Fsp3) is 0.267. The molecule has 2 N–H and O–H groups in total. The Bertz CT molecular complexity index is 810. The van der Waals surface area contributed by atoms with Crippen molar-refractivity contribution in [3.63, 3.8) is 0 Å². The van der Waals surface area contributed by atoms with Crippen molar-refractivity contribution < 1.29 is 22.8 Å². The molecule has 2 aromatic heterocycles. The quantitative estimate of drug-likeness (QED) is 0.545. The smallest absolute Gasteiger partial charge is 0.329 e. The van der Waals surface area contributed by atoms with E-state index in [-0.39, 0.29) is 5.75 Å². The van der Waals surface area contributed by atoms with Gasteiger partial charge in [0.1, 0.15) is 6.54 Å². The van der Waals surface area contributed by atoms with Crippen LogP contribution in [0.2, 0.25) is 0 Å². The molecule has 8 nitrogen and oxygen atoms in total. The number of alkyl halides is 3. The van der Waals surface area contributed by atoms with E-state index >= 15 is 0 Å². The number of imide groups is 1. The van der Waals surface area contributed by atoms with Gasteiger partial charge in [0.15, 0.2) is 11.0 Å². The van der Waals surface area contributed by atoms with Crippen molar-refractivity contribution in [1.29, 1.82) is 0 Å². The van der Waals surface area contributed by atoms with Crippen LogP contribution in [0.3, 0.4) is 0 Å². The van der Waals surface area contributed by atoms with Gasteiger partial charge in [-0.05, 0) is 12.1 Å². The Morgan fingerprint density at radius 3 is 2.59 bits per heavy atom. The Kier molecular flexibility index (Phi) is 6.93. The lowest BCUT2D eigenvalue weighted by molar-refractivity contribution is -0.124. The first-order valence-corrected chi connectivity index (χ1v) is 8.50. The molecule has 0 spiro atoms. The van der Waals surface area contributed by atoms with Gasteiger partial charge in [-0.15, -0.1) is 16.8 Å². The third-order valence-corrected chi connectivity index (χ3v) is 3.97. The van der Waals surface area contributed by atoms with Crippen molar-refractivity contribution >= 4 is 23.7 Å². The van der Waals surface area contributed by atoms with E-state index in [1.807, 2.05) is 5.32 Å². The van der Waals surface area contributed by atoms with Crippen LogP contribution < -0.4 is 10.6 Å². The summed E-state index contributed by atoms with van der Waals surface area (Å²) in [6.45, 7) is 2.51. The van der Waals surface area contributed by atoms with E-state index in [0.717, 1.165) is 17.3 Å². The summed E-state index contributed by atoms with van der Waals surface area (Å²) in [5, 5.41) is 11.9. The van der Waals surface area contributed by atoms with Crippen molar-refractivity contribution in [2.24, 2.45) is 0 Å². The molecule has 0 saturated carbocycles. The highest BCUT2D eigenvalue weighted by Crippen LogP contribution is 2.23. The molecule has 0 fully saturated rings. The second-order valence-corrected chi connectivity index (χ2v) is 6.02. The Balaban J connectivity index is 1.97. The number of thioether (sulfide) groups is 1. The highest BCUT2D eigenvalue weighted by atomic mass is 32.2. The molecule has 0 bridgehead atoms. The molecule has 2 aromatic rings. The summed E-state index contributed by atoms with van der Waals surface area (Å²) in [4.78, 5) is 26.9. The average Bonchev–Trinajstić information content (AvgIpc) is 3.01. The van der Waals surface area contributed by atoms with E-state index in [2.05, 4.69) is 21.8 Å². The molecule has 3 amide bonds. The molecule has 0 aliphatic heterocycles. The second kappa shape index (κ2) is 9.16.